The minimum atomic E-state index is -3.72. The van der Waals surface area contributed by atoms with E-state index in [1.165, 1.54) is 6.20 Å². The molecule has 0 saturated heterocycles. The Morgan fingerprint density at radius 2 is 2.07 bits per heavy atom. The number of sulfonamides is 1. The molecule has 2 heterocycles. The van der Waals surface area contributed by atoms with Crippen LogP contribution in [0.1, 0.15) is 24.5 Å². The van der Waals surface area contributed by atoms with Crippen LogP contribution in [0.3, 0.4) is 0 Å². The number of rotatable bonds is 4. The van der Waals surface area contributed by atoms with Crippen LogP contribution >= 0.6 is 0 Å². The van der Waals surface area contributed by atoms with Gasteiger partial charge >= 0.3 is 0 Å². The number of H-pyrrole nitrogens is 1. The first-order valence-electron chi connectivity index (χ1n) is 7.91. The highest BCUT2D eigenvalue weighted by molar-refractivity contribution is 7.92. The lowest BCUT2D eigenvalue weighted by atomic mass is 10.1. The zero-order valence-electron chi connectivity index (χ0n) is 14.2. The van der Waals surface area contributed by atoms with Gasteiger partial charge in [0, 0.05) is 11.8 Å². The van der Waals surface area contributed by atoms with Gasteiger partial charge in [-0.3, -0.25) is 9.82 Å². The number of aromatic amines is 1. The zero-order chi connectivity index (χ0) is 19.6. The van der Waals surface area contributed by atoms with Gasteiger partial charge in [0.1, 0.15) is 5.82 Å². The Bertz CT molecular complexity index is 1180. The normalized spacial score (nSPS) is 11.2. The lowest BCUT2D eigenvalue weighted by Crippen LogP contribution is -2.17. The predicted octanol–water partition coefficient (Wildman–Crippen LogP) is 2.37. The monoisotopic (exact) mass is 391 g/mol. The van der Waals surface area contributed by atoms with Crippen LogP contribution in [0.4, 0.5) is 20.3 Å². The lowest BCUT2D eigenvalue weighted by Gasteiger charge is -2.09. The molecule has 0 atom stereocenters. The standard InChI is InChI=1S/C17H15F2N5O2S/c1-2-7-27(25,26)24-14-6-5-13(18)11(15(14)19)4-3-10-8-12-16(20)22-23-17(12)21-9-10/h5-6,8-9,24H,2,7H2,1H3,(H3,20,21,22,23). The third-order valence-electron chi connectivity index (χ3n) is 3.61. The molecular weight excluding hydrogens is 376 g/mol. The topological polar surface area (TPSA) is 114 Å². The fraction of sp³-hybridized carbons (Fsp3) is 0.176. The number of benzene rings is 1. The number of aromatic nitrogens is 3. The number of nitrogens with two attached hydrogens (primary N) is 1. The Morgan fingerprint density at radius 3 is 2.81 bits per heavy atom. The molecule has 3 aromatic rings. The quantitative estimate of drug-likeness (QED) is 0.591. The average Bonchev–Trinajstić information content (AvgIpc) is 2.98. The first-order chi connectivity index (χ1) is 12.8. The molecule has 0 unspecified atom stereocenters. The second-order valence-corrected chi connectivity index (χ2v) is 7.53. The van der Waals surface area contributed by atoms with E-state index in [1.807, 2.05) is 0 Å². The number of nitrogen functional groups attached to an aromatic ring is 1. The maximum absolute atomic E-state index is 14.6. The van der Waals surface area contributed by atoms with Crippen molar-refractivity contribution in [3.63, 3.8) is 0 Å². The van der Waals surface area contributed by atoms with E-state index < -0.39 is 27.2 Å². The zero-order valence-corrected chi connectivity index (χ0v) is 15.0. The van der Waals surface area contributed by atoms with Crippen molar-refractivity contribution < 1.29 is 17.2 Å². The number of hydrogen-bond donors (Lipinski definition) is 3. The van der Waals surface area contributed by atoms with E-state index in [2.05, 4.69) is 31.7 Å². The van der Waals surface area contributed by atoms with Gasteiger partial charge in [-0.15, -0.1) is 0 Å². The van der Waals surface area contributed by atoms with E-state index in [1.54, 1.807) is 13.0 Å². The van der Waals surface area contributed by atoms with Crippen LogP contribution in [-0.4, -0.2) is 29.4 Å². The van der Waals surface area contributed by atoms with E-state index in [0.29, 0.717) is 23.0 Å². The van der Waals surface area contributed by atoms with Gasteiger partial charge < -0.3 is 5.73 Å². The summed E-state index contributed by atoms with van der Waals surface area (Å²) in [6.45, 7) is 1.68. The van der Waals surface area contributed by atoms with Crippen LogP contribution < -0.4 is 10.5 Å². The number of nitrogens with one attached hydrogen (secondary N) is 2. The second kappa shape index (κ2) is 7.20. The van der Waals surface area contributed by atoms with Crippen LogP contribution in [0.15, 0.2) is 24.4 Å². The Labute approximate surface area is 154 Å². The molecule has 0 aliphatic rings. The van der Waals surface area contributed by atoms with Crippen molar-refractivity contribution in [1.29, 1.82) is 0 Å². The molecule has 3 rings (SSSR count). The van der Waals surface area contributed by atoms with Crippen LogP contribution in [0, 0.1) is 23.5 Å². The van der Waals surface area contributed by atoms with Crippen molar-refractivity contribution >= 4 is 32.6 Å². The highest BCUT2D eigenvalue weighted by Gasteiger charge is 2.17. The third-order valence-corrected chi connectivity index (χ3v) is 5.08. The maximum Gasteiger partial charge on any atom is 0.232 e. The molecule has 2 aromatic heterocycles. The van der Waals surface area contributed by atoms with E-state index in [0.717, 1.165) is 12.1 Å². The van der Waals surface area contributed by atoms with Crippen LogP contribution in [0.25, 0.3) is 11.0 Å². The summed E-state index contributed by atoms with van der Waals surface area (Å²) in [5, 5.41) is 6.96. The number of anilines is 2. The SMILES string of the molecule is CCCS(=O)(=O)Nc1ccc(F)c(C#Cc2cnc3[nH]nc(N)c3c2)c1F. The fourth-order valence-corrected chi connectivity index (χ4v) is 3.49. The van der Waals surface area contributed by atoms with Gasteiger partial charge in [0.05, 0.1) is 22.4 Å². The number of pyridine rings is 1. The Hall–Kier alpha value is -3.19. The molecule has 0 fully saturated rings. The summed E-state index contributed by atoms with van der Waals surface area (Å²) in [7, 11) is -3.72. The highest BCUT2D eigenvalue weighted by atomic mass is 32.2. The van der Waals surface area contributed by atoms with Gasteiger partial charge in [-0.05, 0) is 24.6 Å². The van der Waals surface area contributed by atoms with Crippen molar-refractivity contribution in [1.82, 2.24) is 15.2 Å². The van der Waals surface area contributed by atoms with Crippen molar-refractivity contribution in [2.45, 2.75) is 13.3 Å². The molecule has 0 aliphatic carbocycles. The van der Waals surface area contributed by atoms with Crippen molar-refractivity contribution in [2.75, 3.05) is 16.2 Å². The summed E-state index contributed by atoms with van der Waals surface area (Å²) in [5.74, 6) is 3.04. The second-order valence-electron chi connectivity index (χ2n) is 5.68. The maximum atomic E-state index is 14.6. The summed E-state index contributed by atoms with van der Waals surface area (Å²) >= 11 is 0. The first-order valence-corrected chi connectivity index (χ1v) is 9.56. The minimum absolute atomic E-state index is 0.178. The molecule has 140 valence electrons. The summed E-state index contributed by atoms with van der Waals surface area (Å²) in [4.78, 5) is 4.07. The largest absolute Gasteiger partial charge is 0.382 e. The van der Waals surface area contributed by atoms with Crippen molar-refractivity contribution in [3.8, 4) is 11.8 Å². The van der Waals surface area contributed by atoms with Crippen LogP contribution in [0.2, 0.25) is 0 Å². The fourth-order valence-electron chi connectivity index (χ4n) is 2.36. The lowest BCUT2D eigenvalue weighted by molar-refractivity contribution is 0.577. The molecule has 0 radical (unpaired) electrons. The van der Waals surface area contributed by atoms with Gasteiger partial charge in [-0.25, -0.2) is 22.2 Å². The number of fused-ring (bicyclic) bond motifs is 1. The number of hydrogen-bond acceptors (Lipinski definition) is 5. The molecule has 0 amide bonds. The van der Waals surface area contributed by atoms with Crippen molar-refractivity contribution in [2.24, 2.45) is 0 Å². The molecule has 7 nitrogen and oxygen atoms in total. The van der Waals surface area contributed by atoms with Gasteiger partial charge in [0.25, 0.3) is 0 Å². The van der Waals surface area contributed by atoms with Gasteiger partial charge in [-0.1, -0.05) is 18.8 Å². The van der Waals surface area contributed by atoms with Gasteiger partial charge in [0.2, 0.25) is 10.0 Å². The summed E-state index contributed by atoms with van der Waals surface area (Å²) in [6.07, 6.45) is 1.76. The first kappa shape index (κ1) is 18.6. The van der Waals surface area contributed by atoms with Gasteiger partial charge in [-0.2, -0.15) is 5.10 Å². The Balaban J connectivity index is 1.98. The van der Waals surface area contributed by atoms with E-state index in [-0.39, 0.29) is 17.3 Å². The van der Waals surface area contributed by atoms with Crippen molar-refractivity contribution in [3.05, 3.63) is 47.2 Å². The summed E-state index contributed by atoms with van der Waals surface area (Å²) in [6, 6.07) is 3.55. The molecule has 0 spiro atoms. The molecule has 0 bridgehead atoms. The third kappa shape index (κ3) is 3.98. The highest BCUT2D eigenvalue weighted by Crippen LogP contribution is 2.22. The number of halogens is 2. The Morgan fingerprint density at radius 1 is 1.30 bits per heavy atom. The predicted molar refractivity (Wildman–Crippen MR) is 98.3 cm³/mol. The van der Waals surface area contributed by atoms with E-state index >= 15 is 0 Å². The molecule has 4 N–H and O–H groups in total. The smallest absolute Gasteiger partial charge is 0.232 e. The molecule has 0 aliphatic heterocycles. The number of nitrogens with zero attached hydrogens (tertiary/aromatic N) is 2. The van der Waals surface area contributed by atoms with E-state index in [4.69, 9.17) is 5.73 Å². The molecular formula is C17H15F2N5O2S. The molecule has 10 heteroatoms. The summed E-state index contributed by atoms with van der Waals surface area (Å²) in [5.41, 5.74) is 5.61. The Kier molecular flexibility index (Phi) is 4.96. The van der Waals surface area contributed by atoms with Gasteiger partial charge in [0.15, 0.2) is 17.3 Å². The molecule has 1 aromatic carbocycles. The molecule has 0 saturated carbocycles. The molecule has 27 heavy (non-hydrogen) atoms. The van der Waals surface area contributed by atoms with E-state index in [9.17, 15) is 17.2 Å². The average molecular weight is 391 g/mol. The van der Waals surface area contributed by atoms with Crippen LogP contribution in [-0.2, 0) is 10.0 Å². The minimum Gasteiger partial charge on any atom is -0.382 e. The summed E-state index contributed by atoms with van der Waals surface area (Å²) < 4.78 is 54.3. The van der Waals surface area contributed by atoms with Crippen LogP contribution in [0.5, 0.6) is 0 Å².